The molecule has 0 aromatic heterocycles. The van der Waals surface area contributed by atoms with Gasteiger partial charge in [0.1, 0.15) is 0 Å². The van der Waals surface area contributed by atoms with Gasteiger partial charge in [0.05, 0.1) is 6.54 Å². The van der Waals surface area contributed by atoms with Crippen molar-refractivity contribution in [1.82, 2.24) is 10.2 Å². The van der Waals surface area contributed by atoms with Gasteiger partial charge in [-0.2, -0.15) is 0 Å². The van der Waals surface area contributed by atoms with Crippen molar-refractivity contribution in [2.45, 2.75) is 13.3 Å². The van der Waals surface area contributed by atoms with Crippen LogP contribution in [0.15, 0.2) is 0 Å². The first-order chi connectivity index (χ1) is 5.24. The van der Waals surface area contributed by atoms with E-state index in [1.165, 1.54) is 0 Å². The minimum absolute atomic E-state index is 0.233. The molecule has 11 heavy (non-hydrogen) atoms. The van der Waals surface area contributed by atoms with Crippen LogP contribution >= 0.6 is 0 Å². The number of amides is 1. The van der Waals surface area contributed by atoms with E-state index in [-0.39, 0.29) is 5.91 Å². The number of carbonyl (C=O) groups is 1. The first-order valence-corrected chi connectivity index (χ1v) is 4.16. The van der Waals surface area contributed by atoms with Crippen molar-refractivity contribution >= 4 is 5.91 Å². The van der Waals surface area contributed by atoms with Crippen LogP contribution in [-0.2, 0) is 4.79 Å². The Labute approximate surface area is 67.8 Å². The molecule has 1 atom stereocenters. The maximum atomic E-state index is 11.3. The summed E-state index contributed by atoms with van der Waals surface area (Å²) in [6.07, 6.45) is 1.16. The molecule has 0 saturated carbocycles. The van der Waals surface area contributed by atoms with Crippen LogP contribution in [-0.4, -0.2) is 37.5 Å². The Bertz CT molecular complexity index is 147. The predicted octanol–water partition coefficient (Wildman–Crippen LogP) is 0.0742. The smallest absolute Gasteiger partial charge is 0.236 e. The summed E-state index contributed by atoms with van der Waals surface area (Å²) in [5.41, 5.74) is 0. The molecular formula is C8H16N2O. The molecule has 64 valence electrons. The topological polar surface area (TPSA) is 32.3 Å². The fourth-order valence-electron chi connectivity index (χ4n) is 1.42. The number of likely N-dealkylation sites (tertiary alicyclic amines) is 1. The van der Waals surface area contributed by atoms with Crippen LogP contribution in [0.5, 0.6) is 0 Å². The molecule has 1 unspecified atom stereocenters. The average molecular weight is 156 g/mol. The van der Waals surface area contributed by atoms with Crippen molar-refractivity contribution < 1.29 is 4.79 Å². The van der Waals surface area contributed by atoms with Crippen LogP contribution in [0, 0.1) is 5.92 Å². The fraction of sp³-hybridized carbons (Fsp3) is 0.875. The standard InChI is InChI=1S/C8H16N2O/c1-7-3-4-10(6-7)8(11)5-9-2/h7,9H,3-6H2,1-2H3. The van der Waals surface area contributed by atoms with Crippen LogP contribution < -0.4 is 5.32 Å². The van der Waals surface area contributed by atoms with E-state index in [1.54, 1.807) is 7.05 Å². The fourth-order valence-corrected chi connectivity index (χ4v) is 1.42. The lowest BCUT2D eigenvalue weighted by Crippen LogP contribution is -2.35. The van der Waals surface area contributed by atoms with Crippen LogP contribution in [0.3, 0.4) is 0 Å². The molecule has 0 spiro atoms. The third-order valence-electron chi connectivity index (χ3n) is 2.10. The number of rotatable bonds is 2. The highest BCUT2D eigenvalue weighted by molar-refractivity contribution is 5.78. The SMILES string of the molecule is CNCC(=O)N1CCC(C)C1. The van der Waals surface area contributed by atoms with Crippen molar-refractivity contribution in [3.05, 3.63) is 0 Å². The molecule has 1 amide bonds. The van der Waals surface area contributed by atoms with E-state index in [0.717, 1.165) is 19.5 Å². The summed E-state index contributed by atoms with van der Waals surface area (Å²) in [7, 11) is 1.80. The lowest BCUT2D eigenvalue weighted by molar-refractivity contribution is -0.129. The van der Waals surface area contributed by atoms with Gasteiger partial charge in [-0.25, -0.2) is 0 Å². The second kappa shape index (κ2) is 3.72. The lowest BCUT2D eigenvalue weighted by Gasteiger charge is -2.14. The maximum Gasteiger partial charge on any atom is 0.236 e. The van der Waals surface area contributed by atoms with Gasteiger partial charge in [0.2, 0.25) is 5.91 Å². The zero-order valence-electron chi connectivity index (χ0n) is 7.26. The number of hydrogen-bond donors (Lipinski definition) is 1. The van der Waals surface area contributed by atoms with E-state index in [2.05, 4.69) is 12.2 Å². The Morgan fingerprint density at radius 3 is 2.91 bits per heavy atom. The van der Waals surface area contributed by atoms with Gasteiger partial charge < -0.3 is 10.2 Å². The molecule has 3 heteroatoms. The van der Waals surface area contributed by atoms with Gasteiger partial charge in [-0.1, -0.05) is 6.92 Å². The summed E-state index contributed by atoms with van der Waals surface area (Å²) in [6.45, 7) is 4.56. The normalized spacial score (nSPS) is 24.2. The summed E-state index contributed by atoms with van der Waals surface area (Å²) < 4.78 is 0. The molecule has 1 N–H and O–H groups in total. The van der Waals surface area contributed by atoms with E-state index in [1.807, 2.05) is 4.90 Å². The highest BCUT2D eigenvalue weighted by Crippen LogP contribution is 2.14. The molecular weight excluding hydrogens is 140 g/mol. The third-order valence-corrected chi connectivity index (χ3v) is 2.10. The second-order valence-corrected chi connectivity index (χ2v) is 3.26. The average Bonchev–Trinajstić information content (AvgIpc) is 2.36. The molecule has 1 aliphatic rings. The molecule has 0 bridgehead atoms. The Morgan fingerprint density at radius 2 is 2.45 bits per heavy atom. The number of hydrogen-bond acceptors (Lipinski definition) is 2. The largest absolute Gasteiger partial charge is 0.341 e. The van der Waals surface area contributed by atoms with E-state index < -0.39 is 0 Å². The van der Waals surface area contributed by atoms with Crippen LogP contribution in [0.25, 0.3) is 0 Å². The van der Waals surface area contributed by atoms with Gasteiger partial charge in [0.15, 0.2) is 0 Å². The molecule has 1 saturated heterocycles. The first-order valence-electron chi connectivity index (χ1n) is 4.16. The van der Waals surface area contributed by atoms with E-state index in [4.69, 9.17) is 0 Å². The summed E-state index contributed by atoms with van der Waals surface area (Å²) in [4.78, 5) is 13.2. The van der Waals surface area contributed by atoms with Gasteiger partial charge in [-0.3, -0.25) is 4.79 Å². The number of likely N-dealkylation sites (N-methyl/N-ethyl adjacent to an activating group) is 1. The van der Waals surface area contributed by atoms with Crippen molar-refractivity contribution in [3.63, 3.8) is 0 Å². The Hall–Kier alpha value is -0.570. The molecule has 1 fully saturated rings. The van der Waals surface area contributed by atoms with Crippen molar-refractivity contribution in [2.75, 3.05) is 26.7 Å². The predicted molar refractivity (Wildman–Crippen MR) is 44.3 cm³/mol. The Balaban J connectivity index is 2.31. The first kappa shape index (κ1) is 8.53. The molecule has 0 radical (unpaired) electrons. The van der Waals surface area contributed by atoms with Crippen LogP contribution in [0.2, 0.25) is 0 Å². The summed E-state index contributed by atoms with van der Waals surface area (Å²) >= 11 is 0. The molecule has 1 aliphatic heterocycles. The van der Waals surface area contributed by atoms with Crippen molar-refractivity contribution in [2.24, 2.45) is 5.92 Å². The molecule has 0 aromatic carbocycles. The lowest BCUT2D eigenvalue weighted by atomic mass is 10.2. The molecule has 1 heterocycles. The molecule has 1 rings (SSSR count). The van der Waals surface area contributed by atoms with E-state index >= 15 is 0 Å². The number of carbonyl (C=O) groups excluding carboxylic acids is 1. The zero-order chi connectivity index (χ0) is 8.27. The van der Waals surface area contributed by atoms with Crippen molar-refractivity contribution in [3.8, 4) is 0 Å². The quantitative estimate of drug-likeness (QED) is 0.614. The maximum absolute atomic E-state index is 11.3. The number of nitrogens with zero attached hydrogens (tertiary/aromatic N) is 1. The van der Waals surface area contributed by atoms with E-state index in [0.29, 0.717) is 12.5 Å². The Morgan fingerprint density at radius 1 is 1.73 bits per heavy atom. The van der Waals surface area contributed by atoms with Gasteiger partial charge in [-0.15, -0.1) is 0 Å². The minimum Gasteiger partial charge on any atom is -0.341 e. The van der Waals surface area contributed by atoms with Gasteiger partial charge in [-0.05, 0) is 19.4 Å². The monoisotopic (exact) mass is 156 g/mol. The zero-order valence-corrected chi connectivity index (χ0v) is 7.26. The number of nitrogens with one attached hydrogen (secondary N) is 1. The summed E-state index contributed by atoms with van der Waals surface area (Å²) in [5.74, 6) is 0.924. The molecule has 3 nitrogen and oxygen atoms in total. The molecule has 0 aromatic rings. The van der Waals surface area contributed by atoms with Crippen molar-refractivity contribution in [1.29, 1.82) is 0 Å². The highest BCUT2D eigenvalue weighted by Gasteiger charge is 2.21. The van der Waals surface area contributed by atoms with Crippen LogP contribution in [0.4, 0.5) is 0 Å². The second-order valence-electron chi connectivity index (χ2n) is 3.26. The summed E-state index contributed by atoms with van der Waals surface area (Å²) in [5, 5.41) is 2.87. The van der Waals surface area contributed by atoms with E-state index in [9.17, 15) is 4.79 Å². The van der Waals surface area contributed by atoms with Gasteiger partial charge >= 0.3 is 0 Å². The minimum atomic E-state index is 0.233. The van der Waals surface area contributed by atoms with Gasteiger partial charge in [0.25, 0.3) is 0 Å². The summed E-state index contributed by atoms with van der Waals surface area (Å²) in [6, 6.07) is 0. The molecule has 0 aliphatic carbocycles. The third kappa shape index (κ3) is 2.19. The van der Waals surface area contributed by atoms with Crippen LogP contribution in [0.1, 0.15) is 13.3 Å². The Kier molecular flexibility index (Phi) is 2.88. The highest BCUT2D eigenvalue weighted by atomic mass is 16.2. The van der Waals surface area contributed by atoms with Gasteiger partial charge in [0, 0.05) is 13.1 Å².